The molecule has 0 saturated heterocycles. The Labute approximate surface area is 160 Å². The van der Waals surface area contributed by atoms with Gasteiger partial charge in [0.25, 0.3) is 0 Å². The quantitative estimate of drug-likeness (QED) is 0.530. The molecule has 5 nitrogen and oxygen atoms in total. The molecule has 3 aromatic rings. The third-order valence-electron chi connectivity index (χ3n) is 4.30. The number of aromatic nitrogens is 2. The Morgan fingerprint density at radius 1 is 0.815 bits per heavy atom. The largest absolute Gasteiger partial charge is 0.497 e. The van der Waals surface area contributed by atoms with Gasteiger partial charge >= 0.3 is 0 Å². The van der Waals surface area contributed by atoms with Gasteiger partial charge in [0.05, 0.1) is 7.11 Å². The van der Waals surface area contributed by atoms with Crippen molar-refractivity contribution in [1.29, 1.82) is 0 Å². The lowest BCUT2D eigenvalue weighted by atomic mass is 10.1. The summed E-state index contributed by atoms with van der Waals surface area (Å²) in [5.74, 6) is 2.38. The average molecular weight is 362 g/mol. The normalized spacial score (nSPS) is 10.4. The molecule has 0 aliphatic heterocycles. The first kappa shape index (κ1) is 18.7. The summed E-state index contributed by atoms with van der Waals surface area (Å²) in [6.45, 7) is 1.67. The second-order valence-corrected chi connectivity index (χ2v) is 6.31. The average Bonchev–Trinajstić information content (AvgIpc) is 2.73. The van der Waals surface area contributed by atoms with E-state index < -0.39 is 0 Å². The first-order chi connectivity index (χ1) is 13.3. The zero-order chi connectivity index (χ0) is 18.7. The molecule has 27 heavy (non-hydrogen) atoms. The summed E-state index contributed by atoms with van der Waals surface area (Å²) in [5.41, 5.74) is 2.61. The SMILES string of the molecule is COc1ccc(CCNc2nccc(NCCCc3ccccc3)n2)cc1. The van der Waals surface area contributed by atoms with Gasteiger partial charge in [0, 0.05) is 19.3 Å². The van der Waals surface area contributed by atoms with Crippen LogP contribution in [0.1, 0.15) is 17.5 Å². The summed E-state index contributed by atoms with van der Waals surface area (Å²) < 4.78 is 5.18. The van der Waals surface area contributed by atoms with Gasteiger partial charge in [-0.05, 0) is 48.6 Å². The van der Waals surface area contributed by atoms with Gasteiger partial charge in [0.2, 0.25) is 5.95 Å². The number of hydrogen-bond acceptors (Lipinski definition) is 5. The molecule has 140 valence electrons. The lowest BCUT2D eigenvalue weighted by Crippen LogP contribution is -2.10. The van der Waals surface area contributed by atoms with Gasteiger partial charge < -0.3 is 15.4 Å². The molecule has 2 aromatic carbocycles. The molecule has 0 fully saturated rings. The number of anilines is 2. The molecule has 0 aliphatic carbocycles. The summed E-state index contributed by atoms with van der Waals surface area (Å²) in [6.07, 6.45) is 4.81. The summed E-state index contributed by atoms with van der Waals surface area (Å²) >= 11 is 0. The molecular formula is C22H26N4O. The van der Waals surface area contributed by atoms with Crippen LogP contribution >= 0.6 is 0 Å². The Morgan fingerprint density at radius 3 is 2.37 bits per heavy atom. The number of rotatable bonds is 10. The Hall–Kier alpha value is -3.08. The lowest BCUT2D eigenvalue weighted by molar-refractivity contribution is 0.414. The van der Waals surface area contributed by atoms with Crippen molar-refractivity contribution >= 4 is 11.8 Å². The second kappa shape index (κ2) is 10.2. The zero-order valence-corrected chi connectivity index (χ0v) is 15.7. The lowest BCUT2D eigenvalue weighted by Gasteiger charge is -2.09. The summed E-state index contributed by atoms with van der Waals surface area (Å²) in [6, 6.07) is 20.5. The van der Waals surface area contributed by atoms with Gasteiger partial charge in [0.15, 0.2) is 0 Å². The first-order valence-corrected chi connectivity index (χ1v) is 9.31. The van der Waals surface area contributed by atoms with Gasteiger partial charge in [-0.2, -0.15) is 4.98 Å². The van der Waals surface area contributed by atoms with Crippen LogP contribution in [0.5, 0.6) is 5.75 Å². The molecule has 5 heteroatoms. The highest BCUT2D eigenvalue weighted by molar-refractivity contribution is 5.39. The van der Waals surface area contributed by atoms with Crippen LogP contribution < -0.4 is 15.4 Å². The number of nitrogens with one attached hydrogen (secondary N) is 2. The molecule has 0 radical (unpaired) electrons. The molecule has 0 spiro atoms. The fraction of sp³-hybridized carbons (Fsp3) is 0.273. The summed E-state index contributed by atoms with van der Waals surface area (Å²) in [7, 11) is 1.68. The molecular weight excluding hydrogens is 336 g/mol. The third-order valence-corrected chi connectivity index (χ3v) is 4.30. The molecule has 0 bridgehead atoms. The Bertz CT molecular complexity index is 806. The smallest absolute Gasteiger partial charge is 0.224 e. The highest BCUT2D eigenvalue weighted by atomic mass is 16.5. The number of benzene rings is 2. The van der Waals surface area contributed by atoms with Crippen LogP contribution in [0.25, 0.3) is 0 Å². The van der Waals surface area contributed by atoms with E-state index in [9.17, 15) is 0 Å². The topological polar surface area (TPSA) is 59.1 Å². The molecule has 0 unspecified atom stereocenters. The number of methoxy groups -OCH3 is 1. The van der Waals surface area contributed by atoms with E-state index in [1.54, 1.807) is 13.3 Å². The molecule has 0 atom stereocenters. The van der Waals surface area contributed by atoms with Gasteiger partial charge in [-0.15, -0.1) is 0 Å². The number of nitrogens with zero attached hydrogens (tertiary/aromatic N) is 2. The molecule has 1 heterocycles. The van der Waals surface area contributed by atoms with E-state index in [0.717, 1.165) is 43.9 Å². The molecule has 0 aliphatic rings. The van der Waals surface area contributed by atoms with Crippen LogP contribution in [-0.4, -0.2) is 30.2 Å². The van der Waals surface area contributed by atoms with Crippen LogP contribution in [0, 0.1) is 0 Å². The summed E-state index contributed by atoms with van der Waals surface area (Å²) in [4.78, 5) is 8.81. The van der Waals surface area contributed by atoms with Crippen LogP contribution in [0.2, 0.25) is 0 Å². The van der Waals surface area contributed by atoms with E-state index in [4.69, 9.17) is 4.74 Å². The Kier molecular flexibility index (Phi) is 7.04. The Morgan fingerprint density at radius 2 is 1.59 bits per heavy atom. The number of aryl methyl sites for hydroxylation is 1. The van der Waals surface area contributed by atoms with Crippen molar-refractivity contribution in [2.24, 2.45) is 0 Å². The molecule has 2 N–H and O–H groups in total. The van der Waals surface area contributed by atoms with Crippen LogP contribution in [0.15, 0.2) is 66.9 Å². The van der Waals surface area contributed by atoms with Crippen molar-refractivity contribution in [2.75, 3.05) is 30.8 Å². The zero-order valence-electron chi connectivity index (χ0n) is 15.7. The van der Waals surface area contributed by atoms with Crippen LogP contribution in [0.4, 0.5) is 11.8 Å². The molecule has 3 rings (SSSR count). The molecule has 0 saturated carbocycles. The fourth-order valence-electron chi connectivity index (χ4n) is 2.81. The standard InChI is InChI=1S/C22H26N4O/c1-27-20-11-9-19(10-12-20)13-16-24-22-25-17-14-21(26-22)23-15-5-8-18-6-3-2-4-7-18/h2-4,6-7,9-12,14,17H,5,8,13,15-16H2,1H3,(H2,23,24,25,26). The van der Waals surface area contributed by atoms with Crippen molar-refractivity contribution in [1.82, 2.24) is 9.97 Å². The molecule has 0 amide bonds. The summed E-state index contributed by atoms with van der Waals surface area (Å²) in [5, 5.41) is 6.66. The maximum atomic E-state index is 5.18. The van der Waals surface area contributed by atoms with Crippen molar-refractivity contribution < 1.29 is 4.74 Å². The maximum absolute atomic E-state index is 5.18. The van der Waals surface area contributed by atoms with Gasteiger partial charge in [-0.25, -0.2) is 4.98 Å². The first-order valence-electron chi connectivity index (χ1n) is 9.31. The van der Waals surface area contributed by atoms with Crippen molar-refractivity contribution in [3.8, 4) is 5.75 Å². The number of hydrogen-bond donors (Lipinski definition) is 2. The monoisotopic (exact) mass is 362 g/mol. The van der Waals surface area contributed by atoms with E-state index >= 15 is 0 Å². The van der Waals surface area contributed by atoms with Crippen molar-refractivity contribution in [2.45, 2.75) is 19.3 Å². The second-order valence-electron chi connectivity index (χ2n) is 6.31. The van der Waals surface area contributed by atoms with Gasteiger partial charge in [0.1, 0.15) is 11.6 Å². The minimum atomic E-state index is 0.650. The molecule has 1 aromatic heterocycles. The van der Waals surface area contributed by atoms with Crippen LogP contribution in [-0.2, 0) is 12.8 Å². The van der Waals surface area contributed by atoms with Crippen molar-refractivity contribution in [3.05, 3.63) is 78.0 Å². The third kappa shape index (κ3) is 6.29. The fourth-order valence-corrected chi connectivity index (χ4v) is 2.81. The number of ether oxygens (including phenoxy) is 1. The van der Waals surface area contributed by atoms with Crippen molar-refractivity contribution in [3.63, 3.8) is 0 Å². The minimum absolute atomic E-state index is 0.650. The maximum Gasteiger partial charge on any atom is 0.224 e. The van der Waals surface area contributed by atoms with Gasteiger partial charge in [-0.3, -0.25) is 0 Å². The van der Waals surface area contributed by atoms with E-state index in [-0.39, 0.29) is 0 Å². The van der Waals surface area contributed by atoms with E-state index in [1.807, 2.05) is 24.3 Å². The van der Waals surface area contributed by atoms with E-state index in [2.05, 4.69) is 57.0 Å². The minimum Gasteiger partial charge on any atom is -0.497 e. The predicted octanol–water partition coefficient (Wildman–Crippen LogP) is 4.18. The van der Waals surface area contributed by atoms with Crippen LogP contribution in [0.3, 0.4) is 0 Å². The van der Waals surface area contributed by atoms with E-state index in [0.29, 0.717) is 5.95 Å². The van der Waals surface area contributed by atoms with E-state index in [1.165, 1.54) is 11.1 Å². The predicted molar refractivity (Wildman–Crippen MR) is 110 cm³/mol. The highest BCUT2D eigenvalue weighted by Gasteiger charge is 2.00. The van der Waals surface area contributed by atoms with Gasteiger partial charge in [-0.1, -0.05) is 42.5 Å². The highest BCUT2D eigenvalue weighted by Crippen LogP contribution is 2.12. The Balaban J connectivity index is 1.40.